The van der Waals surface area contributed by atoms with Crippen molar-refractivity contribution < 1.29 is 29.6 Å². The summed E-state index contributed by atoms with van der Waals surface area (Å²) in [5.74, 6) is -1.49. The number of ether oxygens (including phenoxy) is 1. The molecule has 0 rings (SSSR count). The Labute approximate surface area is 106 Å². The highest BCUT2D eigenvalue weighted by Crippen LogP contribution is 2.01. The minimum Gasteiger partial charge on any atom is -0.478 e. The van der Waals surface area contributed by atoms with Crippen LogP contribution in [0.25, 0.3) is 0 Å². The maximum atomic E-state index is 10.3. The van der Waals surface area contributed by atoms with Crippen LogP contribution in [0.2, 0.25) is 0 Å². The van der Waals surface area contributed by atoms with E-state index in [1.54, 1.807) is 0 Å². The van der Waals surface area contributed by atoms with Gasteiger partial charge in [0.15, 0.2) is 0 Å². The first-order valence-corrected chi connectivity index (χ1v) is 5.34. The molecule has 0 radical (unpaired) electrons. The lowest BCUT2D eigenvalue weighted by atomic mass is 10.1. The van der Waals surface area contributed by atoms with Gasteiger partial charge in [0, 0.05) is 31.1 Å². The number of carboxylic acid groups (broad SMARTS) is 1. The van der Waals surface area contributed by atoms with Gasteiger partial charge in [-0.2, -0.15) is 0 Å². The van der Waals surface area contributed by atoms with Crippen molar-refractivity contribution in [2.24, 2.45) is 0 Å². The number of hydrogen-bond acceptors (Lipinski definition) is 5. The number of aliphatic carboxylic acids is 1. The molecule has 3 N–H and O–H groups in total. The summed E-state index contributed by atoms with van der Waals surface area (Å²) in [5, 5.41) is 25.1. The highest BCUT2D eigenvalue weighted by atomic mass is 16.5. The molecular formula is C12H20O6. The largest absolute Gasteiger partial charge is 0.478 e. The maximum Gasteiger partial charge on any atom is 0.331 e. The first-order valence-electron chi connectivity index (χ1n) is 5.34. The first-order chi connectivity index (χ1) is 8.34. The summed E-state index contributed by atoms with van der Waals surface area (Å²) < 4.78 is 4.51. The number of carboxylic acids is 1. The average Bonchev–Trinajstić information content (AvgIpc) is 2.29. The molecule has 0 aromatic carbocycles. The molecule has 1 unspecified atom stereocenters. The predicted molar refractivity (Wildman–Crippen MR) is 65.9 cm³/mol. The van der Waals surface area contributed by atoms with Crippen molar-refractivity contribution in [3.63, 3.8) is 0 Å². The Hall–Kier alpha value is -1.66. The highest BCUT2D eigenvalue weighted by Gasteiger charge is 2.05. The third-order valence-electron chi connectivity index (χ3n) is 1.56. The lowest BCUT2D eigenvalue weighted by Crippen LogP contribution is -2.07. The second-order valence-corrected chi connectivity index (χ2v) is 3.41. The number of esters is 1. The van der Waals surface area contributed by atoms with Gasteiger partial charge in [0.25, 0.3) is 0 Å². The Bertz CT molecular complexity index is 282. The molecule has 18 heavy (non-hydrogen) atoms. The van der Waals surface area contributed by atoms with Crippen LogP contribution in [0, 0.1) is 0 Å². The second kappa shape index (κ2) is 11.8. The van der Waals surface area contributed by atoms with Crippen LogP contribution in [0.5, 0.6) is 0 Å². The molecule has 0 aromatic heterocycles. The first kappa shape index (κ1) is 18.7. The molecule has 0 heterocycles. The fourth-order valence-electron chi connectivity index (χ4n) is 0.740. The van der Waals surface area contributed by atoms with Crippen molar-refractivity contribution in [3.8, 4) is 0 Å². The summed E-state index contributed by atoms with van der Waals surface area (Å²) in [6.45, 7) is 8.27. The Morgan fingerprint density at radius 2 is 2.00 bits per heavy atom. The standard InChI is InChI=1S/2C6H10O3/c1-4(6(8)9)3-5(2)7;1-2-6(8)9-5-3-4-7/h5,7H,1,3H2,2H3,(H,8,9);2,7H,1,3-5H2. The summed E-state index contributed by atoms with van der Waals surface area (Å²) in [6.07, 6.45) is 1.10. The number of hydrogen-bond donors (Lipinski definition) is 3. The van der Waals surface area contributed by atoms with Crippen molar-refractivity contribution in [2.45, 2.75) is 25.9 Å². The van der Waals surface area contributed by atoms with E-state index in [-0.39, 0.29) is 25.2 Å². The number of aliphatic hydroxyl groups excluding tert-OH is 2. The van der Waals surface area contributed by atoms with Gasteiger partial charge in [0.05, 0.1) is 12.7 Å². The molecule has 0 saturated heterocycles. The second-order valence-electron chi connectivity index (χ2n) is 3.41. The number of carbonyl (C=O) groups is 2. The molecule has 0 aliphatic carbocycles. The molecule has 1 atom stereocenters. The van der Waals surface area contributed by atoms with Gasteiger partial charge in [0.2, 0.25) is 0 Å². The van der Waals surface area contributed by atoms with E-state index in [9.17, 15) is 9.59 Å². The molecule has 0 aliphatic rings. The maximum absolute atomic E-state index is 10.3. The van der Waals surface area contributed by atoms with Gasteiger partial charge >= 0.3 is 11.9 Å². The van der Waals surface area contributed by atoms with Gasteiger partial charge in [-0.25, -0.2) is 9.59 Å². The van der Waals surface area contributed by atoms with Crippen LogP contribution in [0.15, 0.2) is 24.8 Å². The summed E-state index contributed by atoms with van der Waals surface area (Å²) in [6, 6.07) is 0. The molecule has 0 spiro atoms. The number of carbonyl (C=O) groups excluding carboxylic acids is 1. The van der Waals surface area contributed by atoms with Crippen LogP contribution >= 0.6 is 0 Å². The van der Waals surface area contributed by atoms with Crippen LogP contribution in [0.4, 0.5) is 0 Å². The molecule has 0 aliphatic heterocycles. The Morgan fingerprint density at radius 3 is 2.28 bits per heavy atom. The van der Waals surface area contributed by atoms with Crippen molar-refractivity contribution in [2.75, 3.05) is 13.2 Å². The van der Waals surface area contributed by atoms with Crippen LogP contribution in [0.1, 0.15) is 19.8 Å². The molecule has 104 valence electrons. The van der Waals surface area contributed by atoms with Crippen molar-refractivity contribution in [3.05, 3.63) is 24.8 Å². The summed E-state index contributed by atoms with van der Waals surface area (Å²) in [5.41, 5.74) is 0.0463. The molecule has 0 bridgehead atoms. The SMILES string of the molecule is C=C(CC(C)O)C(=O)O.C=CC(=O)OCCCO. The van der Waals surface area contributed by atoms with E-state index in [4.69, 9.17) is 15.3 Å². The molecule has 6 heteroatoms. The smallest absolute Gasteiger partial charge is 0.331 e. The predicted octanol–water partition coefficient (Wildman–Crippen LogP) is 0.496. The zero-order valence-corrected chi connectivity index (χ0v) is 10.5. The minimum absolute atomic E-state index is 0.0461. The third kappa shape index (κ3) is 14.3. The van der Waals surface area contributed by atoms with Crippen LogP contribution in [-0.2, 0) is 14.3 Å². The fraction of sp³-hybridized carbons (Fsp3) is 0.500. The van der Waals surface area contributed by atoms with E-state index in [1.165, 1.54) is 6.92 Å². The number of rotatable bonds is 7. The van der Waals surface area contributed by atoms with Crippen molar-refractivity contribution >= 4 is 11.9 Å². The van der Waals surface area contributed by atoms with Crippen LogP contribution in [0.3, 0.4) is 0 Å². The van der Waals surface area contributed by atoms with Crippen LogP contribution in [-0.4, -0.2) is 46.6 Å². The van der Waals surface area contributed by atoms with E-state index in [0.29, 0.717) is 6.42 Å². The monoisotopic (exact) mass is 260 g/mol. The fourth-order valence-corrected chi connectivity index (χ4v) is 0.740. The Balaban J connectivity index is 0. The Kier molecular flexibility index (Phi) is 12.3. The van der Waals surface area contributed by atoms with Gasteiger partial charge in [-0.3, -0.25) is 0 Å². The van der Waals surface area contributed by atoms with Gasteiger partial charge in [-0.05, 0) is 6.92 Å². The quantitative estimate of drug-likeness (QED) is 0.350. The average molecular weight is 260 g/mol. The van der Waals surface area contributed by atoms with Crippen molar-refractivity contribution in [1.82, 2.24) is 0 Å². The van der Waals surface area contributed by atoms with Crippen molar-refractivity contribution in [1.29, 1.82) is 0 Å². The topological polar surface area (TPSA) is 104 Å². The summed E-state index contributed by atoms with van der Waals surface area (Å²) in [7, 11) is 0. The van der Waals surface area contributed by atoms with E-state index in [0.717, 1.165) is 6.08 Å². The Morgan fingerprint density at radius 1 is 1.44 bits per heavy atom. The molecule has 0 saturated carbocycles. The van der Waals surface area contributed by atoms with Gasteiger partial charge in [-0.1, -0.05) is 13.2 Å². The molecule has 0 aromatic rings. The zero-order chi connectivity index (χ0) is 14.6. The zero-order valence-electron chi connectivity index (χ0n) is 10.5. The molecular weight excluding hydrogens is 240 g/mol. The normalized spacial score (nSPS) is 10.6. The molecule has 6 nitrogen and oxygen atoms in total. The lowest BCUT2D eigenvalue weighted by molar-refractivity contribution is -0.138. The lowest BCUT2D eigenvalue weighted by Gasteiger charge is -2.01. The third-order valence-corrected chi connectivity index (χ3v) is 1.56. The van der Waals surface area contributed by atoms with E-state index in [1.807, 2.05) is 0 Å². The number of aliphatic hydroxyl groups is 2. The van der Waals surface area contributed by atoms with E-state index < -0.39 is 18.0 Å². The van der Waals surface area contributed by atoms with Gasteiger partial charge in [-0.15, -0.1) is 0 Å². The van der Waals surface area contributed by atoms with E-state index in [2.05, 4.69) is 17.9 Å². The van der Waals surface area contributed by atoms with Gasteiger partial charge in [0.1, 0.15) is 0 Å². The van der Waals surface area contributed by atoms with E-state index >= 15 is 0 Å². The minimum atomic E-state index is -1.05. The van der Waals surface area contributed by atoms with Gasteiger partial charge < -0.3 is 20.1 Å². The summed E-state index contributed by atoms with van der Waals surface area (Å²) in [4.78, 5) is 20.3. The molecule has 0 fully saturated rings. The summed E-state index contributed by atoms with van der Waals surface area (Å²) >= 11 is 0. The molecule has 0 amide bonds. The van der Waals surface area contributed by atoms with Crippen LogP contribution < -0.4 is 0 Å². The highest BCUT2D eigenvalue weighted by molar-refractivity contribution is 5.85.